The number of fused-ring (bicyclic) bond motifs is 1. The first-order valence-corrected chi connectivity index (χ1v) is 7.64. The largest absolute Gasteiger partial charge is 0.376 e. The van der Waals surface area contributed by atoms with Gasteiger partial charge in [0, 0.05) is 21.2 Å². The van der Waals surface area contributed by atoms with Gasteiger partial charge in [-0.1, -0.05) is 33.6 Å². The molecule has 6 heteroatoms. The van der Waals surface area contributed by atoms with Gasteiger partial charge in [0.15, 0.2) is 0 Å². The predicted molar refractivity (Wildman–Crippen MR) is 92.1 cm³/mol. The summed E-state index contributed by atoms with van der Waals surface area (Å²) in [4.78, 5) is 12.0. The molecular weight excluding hydrogens is 344 g/mol. The highest BCUT2D eigenvalue weighted by Crippen LogP contribution is 2.26. The van der Waals surface area contributed by atoms with Crippen LogP contribution in [0.15, 0.2) is 47.1 Å². The first-order chi connectivity index (χ1) is 10.6. The molecule has 0 saturated heterocycles. The average Bonchev–Trinajstić information content (AvgIpc) is 2.95. The highest BCUT2D eigenvalue weighted by atomic mass is 79.9. The minimum absolute atomic E-state index is 0.0968. The maximum absolute atomic E-state index is 12.0. The summed E-state index contributed by atoms with van der Waals surface area (Å²) in [5, 5.41) is 13.9. The van der Waals surface area contributed by atoms with Gasteiger partial charge in [-0.25, -0.2) is 0 Å². The molecule has 0 aliphatic rings. The third-order valence-corrected chi connectivity index (χ3v) is 3.76. The van der Waals surface area contributed by atoms with Crippen molar-refractivity contribution in [1.29, 1.82) is 0 Å². The Morgan fingerprint density at radius 3 is 2.82 bits per heavy atom. The van der Waals surface area contributed by atoms with Crippen LogP contribution in [-0.2, 0) is 4.79 Å². The van der Waals surface area contributed by atoms with Crippen LogP contribution in [0.4, 0.5) is 11.4 Å². The van der Waals surface area contributed by atoms with E-state index in [0.29, 0.717) is 0 Å². The Hall–Kier alpha value is -2.34. The van der Waals surface area contributed by atoms with Gasteiger partial charge < -0.3 is 10.6 Å². The number of aromatic nitrogens is 2. The molecule has 3 rings (SSSR count). The number of amides is 1. The van der Waals surface area contributed by atoms with Crippen molar-refractivity contribution in [1.82, 2.24) is 10.2 Å². The lowest BCUT2D eigenvalue weighted by molar-refractivity contribution is -0.114. The van der Waals surface area contributed by atoms with Gasteiger partial charge in [-0.05, 0) is 31.2 Å². The van der Waals surface area contributed by atoms with Gasteiger partial charge >= 0.3 is 0 Å². The van der Waals surface area contributed by atoms with Crippen LogP contribution in [0.1, 0.15) is 5.56 Å². The van der Waals surface area contributed by atoms with E-state index in [4.69, 9.17) is 0 Å². The van der Waals surface area contributed by atoms with Crippen molar-refractivity contribution in [2.75, 3.05) is 17.2 Å². The summed E-state index contributed by atoms with van der Waals surface area (Å²) >= 11 is 3.45. The van der Waals surface area contributed by atoms with E-state index in [1.54, 1.807) is 6.20 Å². The van der Waals surface area contributed by atoms with Gasteiger partial charge in [0.25, 0.3) is 0 Å². The van der Waals surface area contributed by atoms with E-state index in [-0.39, 0.29) is 12.5 Å². The number of nitrogens with zero attached hydrogens (tertiary/aromatic N) is 1. The second-order valence-electron chi connectivity index (χ2n) is 5.05. The maximum Gasteiger partial charge on any atom is 0.243 e. The van der Waals surface area contributed by atoms with Crippen LogP contribution in [0.3, 0.4) is 0 Å². The molecule has 0 unspecified atom stereocenters. The van der Waals surface area contributed by atoms with Crippen molar-refractivity contribution in [3.63, 3.8) is 0 Å². The number of hydrogen-bond donors (Lipinski definition) is 3. The van der Waals surface area contributed by atoms with Crippen LogP contribution >= 0.6 is 15.9 Å². The van der Waals surface area contributed by atoms with Crippen molar-refractivity contribution < 1.29 is 4.79 Å². The third kappa shape index (κ3) is 3.28. The Morgan fingerprint density at radius 2 is 2.05 bits per heavy atom. The molecule has 2 aromatic carbocycles. The molecule has 0 spiro atoms. The first-order valence-electron chi connectivity index (χ1n) is 6.85. The molecule has 22 heavy (non-hydrogen) atoms. The van der Waals surface area contributed by atoms with E-state index in [1.807, 2.05) is 43.3 Å². The zero-order chi connectivity index (χ0) is 15.5. The Morgan fingerprint density at radius 1 is 1.27 bits per heavy atom. The average molecular weight is 359 g/mol. The number of carbonyl (C=O) groups is 1. The predicted octanol–water partition coefficient (Wildman–Crippen LogP) is 3.68. The van der Waals surface area contributed by atoms with E-state index >= 15 is 0 Å². The molecule has 3 N–H and O–H groups in total. The lowest BCUT2D eigenvalue weighted by Gasteiger charge is -2.09. The normalized spacial score (nSPS) is 10.6. The molecule has 112 valence electrons. The molecule has 0 bridgehead atoms. The van der Waals surface area contributed by atoms with E-state index in [1.165, 1.54) is 0 Å². The summed E-state index contributed by atoms with van der Waals surface area (Å²) in [6.07, 6.45) is 1.74. The Balaban J connectivity index is 1.67. The minimum Gasteiger partial charge on any atom is -0.376 e. The lowest BCUT2D eigenvalue weighted by Crippen LogP contribution is -2.21. The molecule has 0 fully saturated rings. The van der Waals surface area contributed by atoms with Gasteiger partial charge in [-0.15, -0.1) is 0 Å². The number of H-pyrrole nitrogens is 1. The van der Waals surface area contributed by atoms with Gasteiger partial charge in [0.05, 0.1) is 18.3 Å². The number of halogens is 1. The van der Waals surface area contributed by atoms with E-state index in [9.17, 15) is 4.79 Å². The first kappa shape index (κ1) is 14.6. The second kappa shape index (κ2) is 6.19. The van der Waals surface area contributed by atoms with E-state index < -0.39 is 0 Å². The van der Waals surface area contributed by atoms with Crippen molar-refractivity contribution in [3.05, 3.63) is 52.6 Å². The van der Waals surface area contributed by atoms with Crippen LogP contribution < -0.4 is 10.6 Å². The molecule has 1 aromatic heterocycles. The van der Waals surface area contributed by atoms with E-state index in [2.05, 4.69) is 36.8 Å². The number of anilines is 2. The fraction of sp³-hybridized carbons (Fsp3) is 0.125. The summed E-state index contributed by atoms with van der Waals surface area (Å²) in [7, 11) is 0. The molecule has 1 heterocycles. The Bertz CT molecular complexity index is 811. The maximum atomic E-state index is 12.0. The zero-order valence-electron chi connectivity index (χ0n) is 12.0. The van der Waals surface area contributed by atoms with Crippen molar-refractivity contribution >= 4 is 44.1 Å². The zero-order valence-corrected chi connectivity index (χ0v) is 13.6. The lowest BCUT2D eigenvalue weighted by atomic mass is 10.2. The van der Waals surface area contributed by atoms with E-state index in [0.717, 1.165) is 32.3 Å². The summed E-state index contributed by atoms with van der Waals surface area (Å²) in [5.74, 6) is -0.0968. The number of aromatic amines is 1. The van der Waals surface area contributed by atoms with Gasteiger partial charge in [0.2, 0.25) is 5.91 Å². The monoisotopic (exact) mass is 358 g/mol. The smallest absolute Gasteiger partial charge is 0.243 e. The van der Waals surface area contributed by atoms with Crippen LogP contribution in [0.2, 0.25) is 0 Å². The third-order valence-electron chi connectivity index (χ3n) is 3.30. The number of nitrogens with one attached hydrogen (secondary N) is 3. The van der Waals surface area contributed by atoms with Crippen LogP contribution in [0, 0.1) is 6.92 Å². The minimum atomic E-state index is -0.0968. The molecule has 0 radical (unpaired) electrons. The summed E-state index contributed by atoms with van der Waals surface area (Å²) < 4.78 is 0.922. The highest BCUT2D eigenvalue weighted by Gasteiger charge is 2.07. The second-order valence-corrected chi connectivity index (χ2v) is 5.97. The summed E-state index contributed by atoms with van der Waals surface area (Å²) in [6.45, 7) is 2.20. The van der Waals surface area contributed by atoms with Crippen LogP contribution in [0.5, 0.6) is 0 Å². The van der Waals surface area contributed by atoms with Crippen LogP contribution in [-0.4, -0.2) is 22.6 Å². The molecule has 1 amide bonds. The van der Waals surface area contributed by atoms with Crippen molar-refractivity contribution in [2.24, 2.45) is 0 Å². The number of aryl methyl sites for hydroxylation is 1. The molecule has 0 saturated carbocycles. The summed E-state index contributed by atoms with van der Waals surface area (Å²) in [5.41, 5.74) is 3.72. The molecule has 0 aliphatic heterocycles. The van der Waals surface area contributed by atoms with Crippen LogP contribution in [0.25, 0.3) is 10.9 Å². The topological polar surface area (TPSA) is 69.8 Å². The molecule has 5 nitrogen and oxygen atoms in total. The quantitative estimate of drug-likeness (QED) is 0.666. The Kier molecular flexibility index (Phi) is 4.11. The highest BCUT2D eigenvalue weighted by molar-refractivity contribution is 9.10. The molecule has 3 aromatic rings. The van der Waals surface area contributed by atoms with Crippen molar-refractivity contribution in [2.45, 2.75) is 6.92 Å². The number of hydrogen-bond acceptors (Lipinski definition) is 3. The summed E-state index contributed by atoms with van der Waals surface area (Å²) in [6, 6.07) is 11.6. The molecule has 0 aliphatic carbocycles. The molecular formula is C16H15BrN4O. The SMILES string of the molecule is Cc1ccc(NC(=O)CNc2cc(Br)cc3[nH]ncc23)cc1. The standard InChI is InChI=1S/C16H15BrN4O/c1-10-2-4-12(5-3-10)20-16(22)9-18-14-6-11(17)7-15-13(14)8-19-21-15/h2-8,18H,9H2,1H3,(H,19,21)(H,20,22). The number of benzene rings is 2. The fourth-order valence-electron chi connectivity index (χ4n) is 2.18. The molecule has 0 atom stereocenters. The number of carbonyl (C=O) groups excluding carboxylic acids is 1. The van der Waals surface area contributed by atoms with Gasteiger partial charge in [0.1, 0.15) is 0 Å². The number of rotatable bonds is 4. The Labute approximate surface area is 136 Å². The van der Waals surface area contributed by atoms with Gasteiger partial charge in [-0.2, -0.15) is 5.10 Å². The van der Waals surface area contributed by atoms with Gasteiger partial charge in [-0.3, -0.25) is 9.89 Å². The fourth-order valence-corrected chi connectivity index (χ4v) is 2.64. The van der Waals surface area contributed by atoms with Crippen molar-refractivity contribution in [3.8, 4) is 0 Å².